The smallest absolute Gasteiger partial charge is 0.253 e. The van der Waals surface area contributed by atoms with E-state index in [1.165, 1.54) is 0 Å². The molecule has 2 N–H and O–H groups in total. The summed E-state index contributed by atoms with van der Waals surface area (Å²) in [6, 6.07) is 7.36. The maximum atomic E-state index is 12.7. The van der Waals surface area contributed by atoms with Crippen molar-refractivity contribution in [3.8, 4) is 11.4 Å². The fraction of sp³-hybridized carbons (Fsp3) is 0.500. The number of carbonyl (C=O) groups excluding carboxylic acids is 1. The van der Waals surface area contributed by atoms with Gasteiger partial charge in [0.1, 0.15) is 5.82 Å². The van der Waals surface area contributed by atoms with E-state index in [4.69, 9.17) is 0 Å². The molecule has 6 nitrogen and oxygen atoms in total. The summed E-state index contributed by atoms with van der Waals surface area (Å²) in [5.74, 6) is 1.46. The summed E-state index contributed by atoms with van der Waals surface area (Å²) in [5, 5.41) is 17.1. The summed E-state index contributed by atoms with van der Waals surface area (Å²) < 4.78 is 0. The molecule has 1 amide bonds. The van der Waals surface area contributed by atoms with Crippen molar-refractivity contribution >= 4 is 5.91 Å². The maximum absolute atomic E-state index is 12.7. The van der Waals surface area contributed by atoms with Crippen LogP contribution in [-0.4, -0.2) is 50.8 Å². The lowest BCUT2D eigenvalue weighted by atomic mass is 9.86. The minimum Gasteiger partial charge on any atom is -0.393 e. The van der Waals surface area contributed by atoms with E-state index in [0.29, 0.717) is 17.9 Å². The molecule has 1 heterocycles. The van der Waals surface area contributed by atoms with Crippen molar-refractivity contribution in [1.82, 2.24) is 20.1 Å². The van der Waals surface area contributed by atoms with Crippen molar-refractivity contribution in [2.45, 2.75) is 38.7 Å². The van der Waals surface area contributed by atoms with Crippen LogP contribution in [0.4, 0.5) is 0 Å². The summed E-state index contributed by atoms with van der Waals surface area (Å²) in [6.45, 7) is 2.43. The second-order valence-corrected chi connectivity index (χ2v) is 6.62. The van der Waals surface area contributed by atoms with Crippen LogP contribution in [0, 0.1) is 12.8 Å². The number of hydrogen-bond acceptors (Lipinski definition) is 4. The third-order valence-electron chi connectivity index (χ3n) is 4.69. The summed E-state index contributed by atoms with van der Waals surface area (Å²) >= 11 is 0. The third kappa shape index (κ3) is 3.64. The quantitative estimate of drug-likeness (QED) is 0.903. The van der Waals surface area contributed by atoms with Crippen LogP contribution in [0.2, 0.25) is 0 Å². The molecule has 2 unspecified atom stereocenters. The van der Waals surface area contributed by atoms with Gasteiger partial charge in [0.15, 0.2) is 5.82 Å². The molecule has 24 heavy (non-hydrogen) atoms. The van der Waals surface area contributed by atoms with Crippen molar-refractivity contribution in [1.29, 1.82) is 0 Å². The number of rotatable bonds is 4. The van der Waals surface area contributed by atoms with Crippen LogP contribution in [0.1, 0.15) is 41.9 Å². The zero-order valence-corrected chi connectivity index (χ0v) is 14.2. The molecule has 3 rings (SSSR count). The number of nitrogens with one attached hydrogen (secondary N) is 1. The van der Waals surface area contributed by atoms with Crippen LogP contribution in [0.25, 0.3) is 11.4 Å². The van der Waals surface area contributed by atoms with E-state index in [0.717, 1.165) is 37.1 Å². The van der Waals surface area contributed by atoms with Gasteiger partial charge in [-0.15, -0.1) is 0 Å². The van der Waals surface area contributed by atoms with Gasteiger partial charge in [-0.25, -0.2) is 4.98 Å². The molecule has 0 radical (unpaired) electrons. The number of aryl methyl sites for hydroxylation is 1. The molecule has 2 aromatic rings. The van der Waals surface area contributed by atoms with Gasteiger partial charge in [0.25, 0.3) is 5.91 Å². The number of aliphatic hydroxyl groups is 1. The zero-order chi connectivity index (χ0) is 17.1. The molecule has 0 bridgehead atoms. The van der Waals surface area contributed by atoms with E-state index in [2.05, 4.69) is 15.2 Å². The zero-order valence-electron chi connectivity index (χ0n) is 14.2. The van der Waals surface area contributed by atoms with Gasteiger partial charge >= 0.3 is 0 Å². The van der Waals surface area contributed by atoms with Gasteiger partial charge < -0.3 is 10.0 Å². The standard InChI is InChI=1S/C18H24N4O2/c1-12-19-17(21-20-12)13-7-5-8-14(10-13)18(24)22(2)11-15-6-3-4-9-16(15)23/h5,7-8,10,15-16,23H,3-4,6,9,11H2,1-2H3,(H,19,20,21). The van der Waals surface area contributed by atoms with Gasteiger partial charge in [-0.3, -0.25) is 9.89 Å². The number of aliphatic hydroxyl groups excluding tert-OH is 1. The SMILES string of the molecule is Cc1nc(-c2cccc(C(=O)N(C)CC3CCCCC3O)c2)n[nH]1. The Morgan fingerprint density at radius 2 is 2.17 bits per heavy atom. The van der Waals surface area contributed by atoms with E-state index >= 15 is 0 Å². The number of carbonyl (C=O) groups is 1. The van der Waals surface area contributed by atoms with E-state index in [9.17, 15) is 9.90 Å². The molecule has 0 aliphatic heterocycles. The Morgan fingerprint density at radius 3 is 2.88 bits per heavy atom. The topological polar surface area (TPSA) is 82.1 Å². The molecule has 1 aliphatic rings. The lowest BCUT2D eigenvalue weighted by Crippen LogP contribution is -2.38. The molecule has 1 fully saturated rings. The van der Waals surface area contributed by atoms with Gasteiger partial charge in [-0.1, -0.05) is 25.0 Å². The molecule has 128 valence electrons. The van der Waals surface area contributed by atoms with Crippen LogP contribution in [-0.2, 0) is 0 Å². The summed E-state index contributed by atoms with van der Waals surface area (Å²) in [7, 11) is 1.80. The van der Waals surface area contributed by atoms with Crippen LogP contribution >= 0.6 is 0 Å². The Hall–Kier alpha value is -2.21. The van der Waals surface area contributed by atoms with Gasteiger partial charge in [-0.05, 0) is 31.9 Å². The van der Waals surface area contributed by atoms with Crippen molar-refractivity contribution in [2.24, 2.45) is 5.92 Å². The van der Waals surface area contributed by atoms with Crippen molar-refractivity contribution in [3.05, 3.63) is 35.7 Å². The van der Waals surface area contributed by atoms with Gasteiger partial charge in [-0.2, -0.15) is 5.10 Å². The molecule has 1 aromatic carbocycles. The first kappa shape index (κ1) is 16.6. The Kier molecular flexibility index (Phi) is 4.94. The van der Waals surface area contributed by atoms with Crippen LogP contribution in [0.3, 0.4) is 0 Å². The van der Waals surface area contributed by atoms with Crippen molar-refractivity contribution < 1.29 is 9.90 Å². The largest absolute Gasteiger partial charge is 0.393 e. The Bertz CT molecular complexity index is 713. The molecule has 1 saturated carbocycles. The molecule has 2 atom stereocenters. The van der Waals surface area contributed by atoms with E-state index in [-0.39, 0.29) is 17.9 Å². The highest BCUT2D eigenvalue weighted by atomic mass is 16.3. The number of benzene rings is 1. The molecular formula is C18H24N4O2. The number of hydrogen-bond donors (Lipinski definition) is 2. The summed E-state index contributed by atoms with van der Waals surface area (Å²) in [6.07, 6.45) is 3.73. The van der Waals surface area contributed by atoms with Crippen LogP contribution < -0.4 is 0 Å². The maximum Gasteiger partial charge on any atom is 0.253 e. The molecule has 0 spiro atoms. The highest BCUT2D eigenvalue weighted by molar-refractivity contribution is 5.95. The number of H-pyrrole nitrogens is 1. The minimum absolute atomic E-state index is 0.0399. The van der Waals surface area contributed by atoms with Crippen molar-refractivity contribution in [3.63, 3.8) is 0 Å². The first-order valence-electron chi connectivity index (χ1n) is 8.47. The third-order valence-corrected chi connectivity index (χ3v) is 4.69. The molecule has 1 aliphatic carbocycles. The molecule has 6 heteroatoms. The summed E-state index contributed by atoms with van der Waals surface area (Å²) in [4.78, 5) is 18.7. The highest BCUT2D eigenvalue weighted by Gasteiger charge is 2.26. The van der Waals surface area contributed by atoms with Crippen LogP contribution in [0.15, 0.2) is 24.3 Å². The number of amides is 1. The van der Waals surface area contributed by atoms with Crippen LogP contribution in [0.5, 0.6) is 0 Å². The van der Waals surface area contributed by atoms with Gasteiger partial charge in [0, 0.05) is 30.6 Å². The first-order valence-corrected chi connectivity index (χ1v) is 8.47. The normalized spacial score (nSPS) is 20.8. The Balaban J connectivity index is 1.72. The van der Waals surface area contributed by atoms with Crippen molar-refractivity contribution in [2.75, 3.05) is 13.6 Å². The summed E-state index contributed by atoms with van der Waals surface area (Å²) in [5.41, 5.74) is 1.43. The van der Waals surface area contributed by atoms with Gasteiger partial charge in [0.05, 0.1) is 6.10 Å². The molecule has 0 saturated heterocycles. The average Bonchev–Trinajstić information content (AvgIpc) is 3.03. The van der Waals surface area contributed by atoms with E-state index in [1.54, 1.807) is 18.0 Å². The minimum atomic E-state index is -0.295. The predicted octanol–water partition coefficient (Wildman–Crippen LogP) is 2.40. The monoisotopic (exact) mass is 328 g/mol. The number of nitrogens with zero attached hydrogens (tertiary/aromatic N) is 3. The molecular weight excluding hydrogens is 304 g/mol. The van der Waals surface area contributed by atoms with Gasteiger partial charge in [0.2, 0.25) is 0 Å². The molecule has 1 aromatic heterocycles. The van der Waals surface area contributed by atoms with E-state index < -0.39 is 0 Å². The number of aromatic amines is 1. The average molecular weight is 328 g/mol. The fourth-order valence-electron chi connectivity index (χ4n) is 3.32. The first-order chi connectivity index (χ1) is 11.5. The Labute approximate surface area is 141 Å². The van der Waals surface area contributed by atoms with E-state index in [1.807, 2.05) is 25.1 Å². The fourth-order valence-corrected chi connectivity index (χ4v) is 3.32. The second-order valence-electron chi connectivity index (χ2n) is 6.62. The lowest BCUT2D eigenvalue weighted by Gasteiger charge is -2.31. The highest BCUT2D eigenvalue weighted by Crippen LogP contribution is 2.25. The predicted molar refractivity (Wildman–Crippen MR) is 91.5 cm³/mol. The number of aromatic nitrogens is 3. The second kappa shape index (κ2) is 7.13. The lowest BCUT2D eigenvalue weighted by molar-refractivity contribution is 0.0451. The Morgan fingerprint density at radius 1 is 1.38 bits per heavy atom.